The Hall–Kier alpha value is -3.33. The van der Waals surface area contributed by atoms with Crippen LogP contribution in [0.2, 0.25) is 0 Å². The molecule has 0 saturated heterocycles. The van der Waals surface area contributed by atoms with Crippen LogP contribution >= 0.6 is 0 Å². The molecule has 0 spiro atoms. The minimum absolute atomic E-state index is 0.163. The van der Waals surface area contributed by atoms with Crippen LogP contribution in [0.15, 0.2) is 51.2 Å². The fraction of sp³-hybridized carbons (Fsp3) is 0.360. The zero-order valence-corrected chi connectivity index (χ0v) is 20.2. The SMILES string of the molecule is CCCCc1[nH]c(=O)c(S(=O)(=O)c2ccc(C3CC3)cn2)c(O)c1-c1c(OC)cccc1OC. The van der Waals surface area contributed by atoms with Crippen LogP contribution < -0.4 is 15.0 Å². The summed E-state index contributed by atoms with van der Waals surface area (Å²) in [7, 11) is -1.48. The predicted octanol–water partition coefficient (Wildman–Crippen LogP) is 4.21. The van der Waals surface area contributed by atoms with E-state index in [4.69, 9.17) is 9.47 Å². The van der Waals surface area contributed by atoms with E-state index in [1.165, 1.54) is 26.5 Å². The van der Waals surface area contributed by atoms with Crippen LogP contribution in [0.4, 0.5) is 0 Å². The van der Waals surface area contributed by atoms with Crippen LogP contribution in [0.3, 0.4) is 0 Å². The third-order valence-electron chi connectivity index (χ3n) is 6.03. The highest BCUT2D eigenvalue weighted by atomic mass is 32.2. The fourth-order valence-corrected chi connectivity index (χ4v) is 5.39. The molecule has 2 heterocycles. The Morgan fingerprint density at radius 1 is 1.09 bits per heavy atom. The van der Waals surface area contributed by atoms with E-state index >= 15 is 0 Å². The summed E-state index contributed by atoms with van der Waals surface area (Å²) < 4.78 is 38.0. The number of methoxy groups -OCH3 is 2. The molecule has 0 radical (unpaired) electrons. The van der Waals surface area contributed by atoms with Crippen LogP contribution in [0.1, 0.15) is 49.8 Å². The van der Waals surface area contributed by atoms with E-state index in [0.29, 0.717) is 35.1 Å². The number of sulfone groups is 1. The lowest BCUT2D eigenvalue weighted by atomic mass is 9.98. The largest absolute Gasteiger partial charge is 0.506 e. The van der Waals surface area contributed by atoms with Crippen molar-refractivity contribution < 1.29 is 23.0 Å². The molecule has 1 fully saturated rings. The highest BCUT2D eigenvalue weighted by Gasteiger charge is 2.33. The first-order chi connectivity index (χ1) is 16.3. The Balaban J connectivity index is 1.97. The molecule has 34 heavy (non-hydrogen) atoms. The molecule has 0 aliphatic heterocycles. The Morgan fingerprint density at radius 3 is 2.29 bits per heavy atom. The van der Waals surface area contributed by atoms with Gasteiger partial charge in [-0.05, 0) is 55.4 Å². The smallest absolute Gasteiger partial charge is 0.271 e. The summed E-state index contributed by atoms with van der Waals surface area (Å²) in [6.45, 7) is 2.00. The maximum absolute atomic E-state index is 13.5. The first-order valence-electron chi connectivity index (χ1n) is 11.2. The van der Waals surface area contributed by atoms with Gasteiger partial charge in [0.1, 0.15) is 17.2 Å². The summed E-state index contributed by atoms with van der Waals surface area (Å²) in [6, 6.07) is 8.17. The molecule has 3 aromatic rings. The molecule has 0 bridgehead atoms. The Kier molecular flexibility index (Phi) is 6.65. The summed E-state index contributed by atoms with van der Waals surface area (Å²) >= 11 is 0. The number of nitrogens with zero attached hydrogens (tertiary/aromatic N) is 1. The fourth-order valence-electron chi connectivity index (χ4n) is 4.09. The van der Waals surface area contributed by atoms with Gasteiger partial charge in [-0.2, -0.15) is 0 Å². The zero-order chi connectivity index (χ0) is 24.5. The van der Waals surface area contributed by atoms with Gasteiger partial charge >= 0.3 is 0 Å². The summed E-state index contributed by atoms with van der Waals surface area (Å²) in [5.41, 5.74) is 1.00. The van der Waals surface area contributed by atoms with Gasteiger partial charge in [0.2, 0.25) is 9.84 Å². The molecule has 180 valence electrons. The van der Waals surface area contributed by atoms with Crippen molar-refractivity contribution in [3.63, 3.8) is 0 Å². The van der Waals surface area contributed by atoms with Gasteiger partial charge in [-0.15, -0.1) is 0 Å². The number of unbranched alkanes of at least 4 members (excludes halogenated alkanes) is 1. The lowest BCUT2D eigenvalue weighted by Gasteiger charge is -2.19. The van der Waals surface area contributed by atoms with Crippen molar-refractivity contribution >= 4 is 9.84 Å². The number of aryl methyl sites for hydroxylation is 1. The second kappa shape index (κ2) is 9.50. The van der Waals surface area contributed by atoms with Crippen molar-refractivity contribution in [2.45, 2.75) is 54.9 Å². The van der Waals surface area contributed by atoms with Gasteiger partial charge in [0, 0.05) is 11.9 Å². The number of aromatic amines is 1. The second-order valence-electron chi connectivity index (χ2n) is 8.33. The normalized spacial score (nSPS) is 13.6. The van der Waals surface area contributed by atoms with Crippen molar-refractivity contribution in [2.75, 3.05) is 14.2 Å². The molecule has 0 amide bonds. The van der Waals surface area contributed by atoms with Crippen LogP contribution in [-0.2, 0) is 16.3 Å². The monoisotopic (exact) mass is 484 g/mol. The van der Waals surface area contributed by atoms with E-state index in [1.807, 2.05) is 6.92 Å². The molecule has 8 nitrogen and oxygen atoms in total. The van der Waals surface area contributed by atoms with Crippen molar-refractivity contribution in [1.29, 1.82) is 0 Å². The van der Waals surface area contributed by atoms with Gasteiger partial charge < -0.3 is 19.6 Å². The molecular weight excluding hydrogens is 456 g/mol. The van der Waals surface area contributed by atoms with Gasteiger partial charge in [-0.3, -0.25) is 4.79 Å². The summed E-state index contributed by atoms with van der Waals surface area (Å²) in [6.07, 6.45) is 5.61. The number of rotatable bonds is 9. The number of H-pyrrole nitrogens is 1. The van der Waals surface area contributed by atoms with Crippen molar-refractivity contribution in [1.82, 2.24) is 9.97 Å². The minimum atomic E-state index is -4.42. The van der Waals surface area contributed by atoms with E-state index < -0.39 is 26.0 Å². The Bertz CT molecular complexity index is 1340. The number of ether oxygens (including phenoxy) is 2. The summed E-state index contributed by atoms with van der Waals surface area (Å²) in [5, 5.41) is 11.1. The lowest BCUT2D eigenvalue weighted by Crippen LogP contribution is -2.21. The van der Waals surface area contributed by atoms with E-state index in [2.05, 4.69) is 9.97 Å². The Labute approximate surface area is 198 Å². The molecule has 0 atom stereocenters. The molecule has 2 aromatic heterocycles. The van der Waals surface area contributed by atoms with Crippen molar-refractivity contribution in [3.05, 3.63) is 58.1 Å². The third-order valence-corrected chi connectivity index (χ3v) is 7.74. The molecule has 1 aliphatic carbocycles. The molecular formula is C25H28N2O6S. The highest BCUT2D eigenvalue weighted by Crippen LogP contribution is 2.46. The van der Waals surface area contributed by atoms with Crippen molar-refractivity contribution in [2.24, 2.45) is 0 Å². The standard InChI is InChI=1S/C25H28N2O6S/c1-4-5-7-17-21(22-18(32-2)8-6-9-19(22)33-3)23(28)24(25(29)27-17)34(30,31)20-13-12-16(14-26-20)15-10-11-15/h6,8-9,12-15H,4-5,7,10-11H2,1-3H3,(H2,27,28,29). The molecule has 2 N–H and O–H groups in total. The highest BCUT2D eigenvalue weighted by molar-refractivity contribution is 7.91. The second-order valence-corrected chi connectivity index (χ2v) is 10.2. The molecule has 0 unspecified atom stereocenters. The van der Waals surface area contributed by atoms with E-state index in [-0.39, 0.29) is 10.6 Å². The molecule has 1 aromatic carbocycles. The third kappa shape index (κ3) is 4.27. The first-order valence-corrected chi connectivity index (χ1v) is 12.7. The maximum Gasteiger partial charge on any atom is 0.271 e. The number of aromatic hydroxyl groups is 1. The maximum atomic E-state index is 13.5. The van der Waals surface area contributed by atoms with Crippen molar-refractivity contribution in [3.8, 4) is 28.4 Å². The number of benzene rings is 1. The molecule has 1 aliphatic rings. The van der Waals surface area contributed by atoms with E-state index in [0.717, 1.165) is 31.2 Å². The lowest BCUT2D eigenvalue weighted by molar-refractivity contribution is 0.395. The number of hydrogen-bond acceptors (Lipinski definition) is 7. The van der Waals surface area contributed by atoms with Gasteiger partial charge in [0.25, 0.3) is 5.56 Å². The van der Waals surface area contributed by atoms with Crippen LogP contribution in [-0.4, -0.2) is 37.7 Å². The number of hydrogen-bond donors (Lipinski definition) is 2. The van der Waals surface area contributed by atoms with Gasteiger partial charge in [0.15, 0.2) is 9.92 Å². The topological polar surface area (TPSA) is 119 Å². The number of nitrogens with one attached hydrogen (secondary N) is 1. The summed E-state index contributed by atoms with van der Waals surface area (Å²) in [5.74, 6) is 0.499. The average Bonchev–Trinajstić information content (AvgIpc) is 3.68. The minimum Gasteiger partial charge on any atom is -0.506 e. The van der Waals surface area contributed by atoms with E-state index in [1.54, 1.807) is 24.3 Å². The molecule has 1 saturated carbocycles. The quantitative estimate of drug-likeness (QED) is 0.467. The first kappa shape index (κ1) is 23.8. The van der Waals surface area contributed by atoms with Crippen LogP contribution in [0.25, 0.3) is 11.1 Å². The number of aromatic nitrogens is 2. The van der Waals surface area contributed by atoms with Crippen LogP contribution in [0, 0.1) is 0 Å². The van der Waals surface area contributed by atoms with E-state index in [9.17, 15) is 18.3 Å². The van der Waals surface area contributed by atoms with Gasteiger partial charge in [-0.1, -0.05) is 25.5 Å². The predicted molar refractivity (Wildman–Crippen MR) is 128 cm³/mol. The number of pyridine rings is 2. The van der Waals surface area contributed by atoms with Gasteiger partial charge in [0.05, 0.1) is 25.3 Å². The summed E-state index contributed by atoms with van der Waals surface area (Å²) in [4.78, 5) is 19.1. The average molecular weight is 485 g/mol. The van der Waals surface area contributed by atoms with Gasteiger partial charge in [-0.25, -0.2) is 13.4 Å². The molecule has 9 heteroatoms. The zero-order valence-electron chi connectivity index (χ0n) is 19.4. The molecule has 4 rings (SSSR count). The van der Waals surface area contributed by atoms with Crippen LogP contribution in [0.5, 0.6) is 17.2 Å². The Morgan fingerprint density at radius 2 is 1.76 bits per heavy atom.